The quantitative estimate of drug-likeness (QED) is 0.803. The average Bonchev–Trinajstić information content (AvgIpc) is 3.02. The Balaban J connectivity index is 1.81. The topological polar surface area (TPSA) is 75.3 Å². The molecule has 1 aromatic heterocycles. The first kappa shape index (κ1) is 17.7. The molecule has 5 nitrogen and oxygen atoms in total. The molecule has 0 aliphatic carbocycles. The van der Waals surface area contributed by atoms with Crippen LogP contribution in [0.5, 0.6) is 0 Å². The number of hydrogen-bond donors (Lipinski definition) is 2. The zero-order chi connectivity index (χ0) is 16.9. The molecular weight excluding hydrogens is 332 g/mol. The number of benzene rings is 1. The Bertz CT molecular complexity index is 736. The van der Waals surface area contributed by atoms with Crippen LogP contribution in [0.1, 0.15) is 31.7 Å². The molecule has 0 bridgehead atoms. The number of sulfonamides is 1. The standard InChI is InChI=1S/C16H20N2O3S2/c1-12(2)13-5-7-14(8-6-13)18-15(19)9-10-17-23(20,21)16-4-3-11-22-16/h3-8,11-12,17H,9-10H2,1-2H3,(H,18,19). The molecule has 2 N–H and O–H groups in total. The molecule has 1 aromatic carbocycles. The molecule has 0 spiro atoms. The van der Waals surface area contributed by atoms with Gasteiger partial charge >= 0.3 is 0 Å². The van der Waals surface area contributed by atoms with Crippen LogP contribution >= 0.6 is 11.3 Å². The molecule has 1 amide bonds. The van der Waals surface area contributed by atoms with E-state index in [2.05, 4.69) is 23.9 Å². The molecule has 0 saturated carbocycles. The molecule has 2 rings (SSSR count). The number of anilines is 1. The largest absolute Gasteiger partial charge is 0.326 e. The van der Waals surface area contributed by atoms with Crippen molar-refractivity contribution < 1.29 is 13.2 Å². The lowest BCUT2D eigenvalue weighted by Crippen LogP contribution is -2.27. The highest BCUT2D eigenvalue weighted by molar-refractivity contribution is 7.91. The summed E-state index contributed by atoms with van der Waals surface area (Å²) in [5.74, 6) is 0.211. The molecule has 0 unspecified atom stereocenters. The number of hydrogen-bond acceptors (Lipinski definition) is 4. The highest BCUT2D eigenvalue weighted by atomic mass is 32.2. The summed E-state index contributed by atoms with van der Waals surface area (Å²) >= 11 is 1.14. The van der Waals surface area contributed by atoms with Crippen LogP contribution in [0.15, 0.2) is 46.0 Å². The predicted molar refractivity (Wildman–Crippen MR) is 93.3 cm³/mol. The average molecular weight is 352 g/mol. The number of carbonyl (C=O) groups excluding carboxylic acids is 1. The van der Waals surface area contributed by atoms with E-state index in [9.17, 15) is 13.2 Å². The zero-order valence-electron chi connectivity index (χ0n) is 13.1. The van der Waals surface area contributed by atoms with Crippen molar-refractivity contribution in [2.24, 2.45) is 0 Å². The van der Waals surface area contributed by atoms with Gasteiger partial charge in [-0.25, -0.2) is 13.1 Å². The van der Waals surface area contributed by atoms with Gasteiger partial charge < -0.3 is 5.32 Å². The molecule has 0 saturated heterocycles. The van der Waals surface area contributed by atoms with Crippen LogP contribution in [0.2, 0.25) is 0 Å². The minimum atomic E-state index is -3.51. The van der Waals surface area contributed by atoms with E-state index in [1.54, 1.807) is 11.4 Å². The highest BCUT2D eigenvalue weighted by Crippen LogP contribution is 2.17. The lowest BCUT2D eigenvalue weighted by molar-refractivity contribution is -0.116. The van der Waals surface area contributed by atoms with Crippen LogP contribution in [0, 0.1) is 0 Å². The maximum Gasteiger partial charge on any atom is 0.250 e. The summed E-state index contributed by atoms with van der Waals surface area (Å²) in [7, 11) is -3.51. The Hall–Kier alpha value is -1.70. The minimum absolute atomic E-state index is 0.0656. The monoisotopic (exact) mass is 352 g/mol. The fourth-order valence-electron chi connectivity index (χ4n) is 1.96. The minimum Gasteiger partial charge on any atom is -0.326 e. The van der Waals surface area contributed by atoms with Gasteiger partial charge in [0, 0.05) is 18.7 Å². The molecular formula is C16H20N2O3S2. The third-order valence-corrected chi connectivity index (χ3v) is 6.12. The Morgan fingerprint density at radius 1 is 1.17 bits per heavy atom. The van der Waals surface area contributed by atoms with Crippen molar-refractivity contribution in [1.29, 1.82) is 0 Å². The van der Waals surface area contributed by atoms with E-state index in [4.69, 9.17) is 0 Å². The summed E-state index contributed by atoms with van der Waals surface area (Å²) in [5.41, 5.74) is 1.91. The Kier molecular flexibility index (Phi) is 5.92. The SMILES string of the molecule is CC(C)c1ccc(NC(=O)CCNS(=O)(=O)c2cccs2)cc1. The van der Waals surface area contributed by atoms with Gasteiger partial charge in [0.25, 0.3) is 0 Å². The van der Waals surface area contributed by atoms with Gasteiger partial charge in [-0.2, -0.15) is 0 Å². The maximum absolute atomic E-state index is 11.9. The van der Waals surface area contributed by atoms with E-state index < -0.39 is 10.0 Å². The molecule has 0 fully saturated rings. The molecule has 2 aromatic rings. The number of carbonyl (C=O) groups is 1. The lowest BCUT2D eigenvalue weighted by Gasteiger charge is -2.09. The predicted octanol–water partition coefficient (Wildman–Crippen LogP) is 3.18. The number of nitrogens with one attached hydrogen (secondary N) is 2. The van der Waals surface area contributed by atoms with Gasteiger partial charge in [0.2, 0.25) is 15.9 Å². The van der Waals surface area contributed by atoms with Gasteiger partial charge in [0.05, 0.1) is 0 Å². The molecule has 0 radical (unpaired) electrons. The first-order chi connectivity index (χ1) is 10.9. The molecule has 1 heterocycles. The second-order valence-electron chi connectivity index (χ2n) is 5.40. The van der Waals surface area contributed by atoms with Crippen LogP contribution in [0.3, 0.4) is 0 Å². The molecule has 23 heavy (non-hydrogen) atoms. The molecule has 0 aliphatic rings. The fourth-order valence-corrected chi connectivity index (χ4v) is 4.03. The summed E-state index contributed by atoms with van der Waals surface area (Å²) in [5, 5.41) is 4.45. The van der Waals surface area contributed by atoms with Crippen molar-refractivity contribution >= 4 is 33.0 Å². The molecule has 0 aliphatic heterocycles. The van der Waals surface area contributed by atoms with E-state index in [-0.39, 0.29) is 23.1 Å². The van der Waals surface area contributed by atoms with Crippen molar-refractivity contribution in [2.75, 3.05) is 11.9 Å². The van der Waals surface area contributed by atoms with E-state index in [0.717, 1.165) is 11.3 Å². The summed E-state index contributed by atoms with van der Waals surface area (Å²) in [6.07, 6.45) is 0.0799. The molecule has 124 valence electrons. The smallest absolute Gasteiger partial charge is 0.250 e. The van der Waals surface area contributed by atoms with Gasteiger partial charge in [-0.3, -0.25) is 4.79 Å². The van der Waals surface area contributed by atoms with Gasteiger partial charge in [-0.15, -0.1) is 11.3 Å². The summed E-state index contributed by atoms with van der Waals surface area (Å²) in [6, 6.07) is 10.8. The van der Waals surface area contributed by atoms with Crippen molar-refractivity contribution in [2.45, 2.75) is 30.4 Å². The van der Waals surface area contributed by atoms with Crippen molar-refractivity contribution in [3.63, 3.8) is 0 Å². The van der Waals surface area contributed by atoms with E-state index in [1.165, 1.54) is 11.6 Å². The van der Waals surface area contributed by atoms with Crippen LogP contribution in [-0.2, 0) is 14.8 Å². The summed E-state index contributed by atoms with van der Waals surface area (Å²) in [6.45, 7) is 4.27. The van der Waals surface area contributed by atoms with Crippen LogP contribution in [0.4, 0.5) is 5.69 Å². The fraction of sp³-hybridized carbons (Fsp3) is 0.312. The number of thiophene rings is 1. The Labute approximate surface area is 140 Å². The molecule has 0 atom stereocenters. The van der Waals surface area contributed by atoms with Gasteiger partial charge in [-0.05, 0) is 35.1 Å². The van der Waals surface area contributed by atoms with E-state index in [0.29, 0.717) is 11.6 Å². The van der Waals surface area contributed by atoms with Crippen molar-refractivity contribution in [3.05, 3.63) is 47.3 Å². The van der Waals surface area contributed by atoms with Crippen LogP contribution in [-0.4, -0.2) is 20.9 Å². The van der Waals surface area contributed by atoms with E-state index in [1.807, 2.05) is 24.3 Å². The highest BCUT2D eigenvalue weighted by Gasteiger charge is 2.14. The maximum atomic E-state index is 11.9. The second kappa shape index (κ2) is 7.72. The number of amides is 1. The second-order valence-corrected chi connectivity index (χ2v) is 8.35. The van der Waals surface area contributed by atoms with Crippen molar-refractivity contribution in [1.82, 2.24) is 4.72 Å². The zero-order valence-corrected chi connectivity index (χ0v) is 14.7. The lowest BCUT2D eigenvalue weighted by atomic mass is 10.0. The third kappa shape index (κ3) is 5.16. The number of rotatable bonds is 7. The van der Waals surface area contributed by atoms with Gasteiger partial charge in [-0.1, -0.05) is 32.0 Å². The molecule has 7 heteroatoms. The Morgan fingerprint density at radius 3 is 2.43 bits per heavy atom. The van der Waals surface area contributed by atoms with Gasteiger partial charge in [0.15, 0.2) is 0 Å². The van der Waals surface area contributed by atoms with Crippen molar-refractivity contribution in [3.8, 4) is 0 Å². The summed E-state index contributed by atoms with van der Waals surface area (Å²) in [4.78, 5) is 11.9. The first-order valence-corrected chi connectivity index (χ1v) is 9.68. The Morgan fingerprint density at radius 2 is 1.87 bits per heavy atom. The third-order valence-electron chi connectivity index (χ3n) is 3.27. The summed E-state index contributed by atoms with van der Waals surface area (Å²) < 4.78 is 26.5. The van der Waals surface area contributed by atoms with Crippen LogP contribution < -0.4 is 10.0 Å². The van der Waals surface area contributed by atoms with Crippen LogP contribution in [0.25, 0.3) is 0 Å². The normalized spacial score (nSPS) is 11.6. The van der Waals surface area contributed by atoms with E-state index >= 15 is 0 Å². The van der Waals surface area contributed by atoms with Gasteiger partial charge in [0.1, 0.15) is 4.21 Å². The first-order valence-electron chi connectivity index (χ1n) is 7.31.